The van der Waals surface area contributed by atoms with Crippen molar-refractivity contribution in [2.45, 2.75) is 32.7 Å². The Labute approximate surface area is 179 Å². The molecule has 7 nitrogen and oxygen atoms in total. The number of rotatable bonds is 11. The molecule has 8 heteroatoms. The molecule has 0 aliphatic heterocycles. The number of nitrogens with one attached hydrogen (secondary N) is 1. The average molecular weight is 435 g/mol. The molecule has 0 spiro atoms. The molecule has 0 aliphatic carbocycles. The van der Waals surface area contributed by atoms with Gasteiger partial charge >= 0.3 is 0 Å². The van der Waals surface area contributed by atoms with Gasteiger partial charge in [-0.15, -0.1) is 0 Å². The normalized spacial score (nSPS) is 12.1. The topological polar surface area (TPSA) is 84.9 Å². The standard InChI is InChI=1S/C22H30N2O5S/c1-17-8-5-6-9-21(17)29-16-18(2)23-22(25)10-7-15-24(30(4,26)27)19-11-13-20(28-3)14-12-19/h5-6,8-9,11-14,18H,7,10,15-16H2,1-4H3,(H,23,25). The molecule has 2 rings (SSSR count). The summed E-state index contributed by atoms with van der Waals surface area (Å²) in [7, 11) is -1.91. The molecular weight excluding hydrogens is 404 g/mol. The van der Waals surface area contributed by atoms with Gasteiger partial charge in [0, 0.05) is 13.0 Å². The van der Waals surface area contributed by atoms with Gasteiger partial charge in [0.1, 0.15) is 18.1 Å². The lowest BCUT2D eigenvalue weighted by atomic mass is 10.2. The van der Waals surface area contributed by atoms with Gasteiger partial charge in [0.25, 0.3) is 0 Å². The van der Waals surface area contributed by atoms with Crippen LogP contribution in [-0.4, -0.2) is 46.9 Å². The Morgan fingerprint density at radius 3 is 2.40 bits per heavy atom. The highest BCUT2D eigenvalue weighted by Crippen LogP contribution is 2.22. The molecule has 1 N–H and O–H groups in total. The van der Waals surface area contributed by atoms with Crippen LogP contribution in [0, 0.1) is 6.92 Å². The quantitative estimate of drug-likeness (QED) is 0.587. The molecule has 0 aromatic heterocycles. The summed E-state index contributed by atoms with van der Waals surface area (Å²) >= 11 is 0. The van der Waals surface area contributed by atoms with Crippen LogP contribution in [0.3, 0.4) is 0 Å². The number of aryl methyl sites for hydroxylation is 1. The fraction of sp³-hybridized carbons (Fsp3) is 0.409. The van der Waals surface area contributed by atoms with E-state index in [0.29, 0.717) is 24.5 Å². The van der Waals surface area contributed by atoms with Crippen molar-refractivity contribution >= 4 is 21.6 Å². The molecule has 0 saturated heterocycles. The minimum atomic E-state index is -3.46. The van der Waals surface area contributed by atoms with Crippen LogP contribution >= 0.6 is 0 Å². The molecule has 0 saturated carbocycles. The highest BCUT2D eigenvalue weighted by molar-refractivity contribution is 7.92. The largest absolute Gasteiger partial charge is 0.497 e. The van der Waals surface area contributed by atoms with Crippen LogP contribution < -0.4 is 19.1 Å². The lowest BCUT2D eigenvalue weighted by Gasteiger charge is -2.22. The van der Waals surface area contributed by atoms with Crippen molar-refractivity contribution in [2.75, 3.05) is 30.8 Å². The summed E-state index contributed by atoms with van der Waals surface area (Å²) in [6.07, 6.45) is 1.77. The second-order valence-electron chi connectivity index (χ2n) is 7.18. The second kappa shape index (κ2) is 10.9. The summed E-state index contributed by atoms with van der Waals surface area (Å²) in [5.41, 5.74) is 1.58. The van der Waals surface area contributed by atoms with E-state index in [9.17, 15) is 13.2 Å². The van der Waals surface area contributed by atoms with Crippen molar-refractivity contribution in [3.8, 4) is 11.5 Å². The zero-order valence-corrected chi connectivity index (χ0v) is 18.7. The molecule has 0 fully saturated rings. The Balaban J connectivity index is 1.82. The molecule has 0 radical (unpaired) electrons. The predicted molar refractivity (Wildman–Crippen MR) is 119 cm³/mol. The molecule has 1 amide bonds. The molecule has 30 heavy (non-hydrogen) atoms. The first-order valence-electron chi connectivity index (χ1n) is 9.80. The molecule has 2 aromatic rings. The third-order valence-corrected chi connectivity index (χ3v) is 5.71. The van der Waals surface area contributed by atoms with Crippen molar-refractivity contribution in [3.63, 3.8) is 0 Å². The van der Waals surface area contributed by atoms with E-state index in [4.69, 9.17) is 9.47 Å². The summed E-state index contributed by atoms with van der Waals surface area (Å²) in [5.74, 6) is 1.30. The third-order valence-electron chi connectivity index (χ3n) is 4.52. The number of methoxy groups -OCH3 is 1. The Morgan fingerprint density at radius 2 is 1.80 bits per heavy atom. The van der Waals surface area contributed by atoms with Crippen molar-refractivity contribution in [1.29, 1.82) is 0 Å². The van der Waals surface area contributed by atoms with Crippen LogP contribution in [0.2, 0.25) is 0 Å². The SMILES string of the molecule is COc1ccc(N(CCCC(=O)NC(C)COc2ccccc2C)S(C)(=O)=O)cc1. The molecular formula is C22H30N2O5S. The molecule has 2 aromatic carbocycles. The van der Waals surface area contributed by atoms with Crippen molar-refractivity contribution in [1.82, 2.24) is 5.32 Å². The Kier molecular flexibility index (Phi) is 8.53. The molecule has 1 unspecified atom stereocenters. The fourth-order valence-electron chi connectivity index (χ4n) is 2.94. The van der Waals surface area contributed by atoms with Crippen molar-refractivity contribution in [2.24, 2.45) is 0 Å². The number of anilines is 1. The van der Waals surface area contributed by atoms with E-state index in [-0.39, 0.29) is 24.9 Å². The fourth-order valence-corrected chi connectivity index (χ4v) is 3.91. The summed E-state index contributed by atoms with van der Waals surface area (Å²) in [4.78, 5) is 12.2. The van der Waals surface area contributed by atoms with Crippen LogP contribution in [0.5, 0.6) is 11.5 Å². The van der Waals surface area contributed by atoms with E-state index in [1.807, 2.05) is 38.1 Å². The first-order valence-corrected chi connectivity index (χ1v) is 11.6. The van der Waals surface area contributed by atoms with E-state index in [1.54, 1.807) is 31.4 Å². The number of benzene rings is 2. The zero-order chi connectivity index (χ0) is 22.1. The van der Waals surface area contributed by atoms with E-state index in [0.717, 1.165) is 17.6 Å². The highest BCUT2D eigenvalue weighted by atomic mass is 32.2. The van der Waals surface area contributed by atoms with E-state index >= 15 is 0 Å². The molecule has 0 heterocycles. The van der Waals surface area contributed by atoms with Crippen LogP contribution in [0.1, 0.15) is 25.3 Å². The number of para-hydroxylation sites is 1. The van der Waals surface area contributed by atoms with Gasteiger partial charge in [0.2, 0.25) is 15.9 Å². The van der Waals surface area contributed by atoms with Gasteiger partial charge in [0.15, 0.2) is 0 Å². The monoisotopic (exact) mass is 434 g/mol. The first kappa shape index (κ1) is 23.5. The number of sulfonamides is 1. The van der Waals surface area contributed by atoms with Crippen LogP contribution in [0.15, 0.2) is 48.5 Å². The summed E-state index contributed by atoms with van der Waals surface area (Å²) < 4.78 is 36.5. The average Bonchev–Trinajstić information content (AvgIpc) is 2.70. The van der Waals surface area contributed by atoms with E-state index < -0.39 is 10.0 Å². The van der Waals surface area contributed by atoms with E-state index in [1.165, 1.54) is 4.31 Å². The number of nitrogens with zero attached hydrogens (tertiary/aromatic N) is 1. The predicted octanol–water partition coefficient (Wildman–Crippen LogP) is 3.13. The number of hydrogen-bond donors (Lipinski definition) is 1. The number of carbonyl (C=O) groups excluding carboxylic acids is 1. The van der Waals surface area contributed by atoms with Gasteiger partial charge < -0.3 is 14.8 Å². The highest BCUT2D eigenvalue weighted by Gasteiger charge is 2.18. The third kappa shape index (κ3) is 7.26. The minimum Gasteiger partial charge on any atom is -0.497 e. The van der Waals surface area contributed by atoms with Crippen molar-refractivity contribution in [3.05, 3.63) is 54.1 Å². The van der Waals surface area contributed by atoms with Crippen molar-refractivity contribution < 1.29 is 22.7 Å². The molecule has 1 atom stereocenters. The van der Waals surface area contributed by atoms with E-state index in [2.05, 4.69) is 5.32 Å². The minimum absolute atomic E-state index is 0.140. The number of ether oxygens (including phenoxy) is 2. The summed E-state index contributed by atoms with van der Waals surface area (Å²) in [6, 6.07) is 14.3. The number of hydrogen-bond acceptors (Lipinski definition) is 5. The maximum atomic E-state index is 12.2. The summed E-state index contributed by atoms with van der Waals surface area (Å²) in [6.45, 7) is 4.41. The molecule has 0 aliphatic rings. The first-order chi connectivity index (χ1) is 14.2. The van der Waals surface area contributed by atoms with Crippen LogP contribution in [0.25, 0.3) is 0 Å². The summed E-state index contributed by atoms with van der Waals surface area (Å²) in [5, 5.41) is 2.89. The van der Waals surface area contributed by atoms with Gasteiger partial charge in [-0.3, -0.25) is 9.10 Å². The molecule has 0 bridgehead atoms. The Hall–Kier alpha value is -2.74. The van der Waals surface area contributed by atoms with Crippen LogP contribution in [-0.2, 0) is 14.8 Å². The Bertz CT molecular complexity index is 929. The second-order valence-corrected chi connectivity index (χ2v) is 9.09. The molecule has 164 valence electrons. The Morgan fingerprint density at radius 1 is 1.13 bits per heavy atom. The number of carbonyl (C=O) groups is 1. The maximum Gasteiger partial charge on any atom is 0.232 e. The lowest BCUT2D eigenvalue weighted by molar-refractivity contribution is -0.121. The zero-order valence-electron chi connectivity index (χ0n) is 17.9. The van der Waals surface area contributed by atoms with Gasteiger partial charge in [-0.2, -0.15) is 0 Å². The number of amides is 1. The van der Waals surface area contributed by atoms with Gasteiger partial charge in [-0.1, -0.05) is 18.2 Å². The van der Waals surface area contributed by atoms with Gasteiger partial charge in [0.05, 0.1) is 25.1 Å². The van der Waals surface area contributed by atoms with Gasteiger partial charge in [-0.25, -0.2) is 8.42 Å². The maximum absolute atomic E-state index is 12.2. The smallest absolute Gasteiger partial charge is 0.232 e. The lowest BCUT2D eigenvalue weighted by Crippen LogP contribution is -2.37. The van der Waals surface area contributed by atoms with Gasteiger partial charge in [-0.05, 0) is 56.2 Å². The van der Waals surface area contributed by atoms with Crippen LogP contribution in [0.4, 0.5) is 5.69 Å².